The first kappa shape index (κ1) is 27.7. The summed E-state index contributed by atoms with van der Waals surface area (Å²) in [6.07, 6.45) is 21.2. The predicted molar refractivity (Wildman–Crippen MR) is 121 cm³/mol. The first-order valence-electron chi connectivity index (χ1n) is 12.1. The van der Waals surface area contributed by atoms with Crippen molar-refractivity contribution in [1.29, 1.82) is 0 Å². The van der Waals surface area contributed by atoms with Crippen LogP contribution in [0.15, 0.2) is 12.7 Å². The molecule has 0 aromatic carbocycles. The lowest BCUT2D eigenvalue weighted by Crippen LogP contribution is -2.08. The molecule has 4 nitrogen and oxygen atoms in total. The average Bonchev–Trinajstić information content (AvgIpc) is 2.72. The van der Waals surface area contributed by atoms with Gasteiger partial charge in [0.1, 0.15) is 0 Å². The van der Waals surface area contributed by atoms with Crippen LogP contribution in [0.25, 0.3) is 0 Å². The SMILES string of the molecule is C=CCCCOC(=O)CCCCC(=O)OCCCCCCCCCCCCCC. The molecule has 0 atom stereocenters. The van der Waals surface area contributed by atoms with E-state index < -0.39 is 0 Å². The number of esters is 2. The summed E-state index contributed by atoms with van der Waals surface area (Å²) in [7, 11) is 0. The van der Waals surface area contributed by atoms with E-state index in [1.165, 1.54) is 64.2 Å². The smallest absolute Gasteiger partial charge is 0.305 e. The van der Waals surface area contributed by atoms with E-state index in [0.717, 1.165) is 25.7 Å². The molecule has 0 saturated heterocycles. The van der Waals surface area contributed by atoms with Gasteiger partial charge in [-0.15, -0.1) is 6.58 Å². The van der Waals surface area contributed by atoms with Crippen LogP contribution in [0.1, 0.15) is 122 Å². The Labute approximate surface area is 179 Å². The summed E-state index contributed by atoms with van der Waals surface area (Å²) >= 11 is 0. The Morgan fingerprint density at radius 3 is 1.48 bits per heavy atom. The van der Waals surface area contributed by atoms with Crippen molar-refractivity contribution in [2.24, 2.45) is 0 Å². The molecule has 0 aromatic heterocycles. The molecule has 0 rings (SSSR count). The third-order valence-corrected chi connectivity index (χ3v) is 5.09. The molecular weight excluding hydrogens is 364 g/mol. The molecule has 0 N–H and O–H groups in total. The molecule has 0 aliphatic carbocycles. The monoisotopic (exact) mass is 410 g/mol. The van der Waals surface area contributed by atoms with Crippen LogP contribution in [0.4, 0.5) is 0 Å². The molecule has 0 saturated carbocycles. The highest BCUT2D eigenvalue weighted by Gasteiger charge is 2.06. The van der Waals surface area contributed by atoms with Crippen LogP contribution in [-0.4, -0.2) is 25.2 Å². The Bertz CT molecular complexity index is 392. The maximum Gasteiger partial charge on any atom is 0.305 e. The highest BCUT2D eigenvalue weighted by molar-refractivity contribution is 5.70. The largest absolute Gasteiger partial charge is 0.466 e. The van der Waals surface area contributed by atoms with Gasteiger partial charge >= 0.3 is 11.9 Å². The Kier molecular flexibility index (Phi) is 21.9. The van der Waals surface area contributed by atoms with Crippen LogP contribution >= 0.6 is 0 Å². The van der Waals surface area contributed by atoms with E-state index in [2.05, 4.69) is 13.5 Å². The molecule has 0 heterocycles. The van der Waals surface area contributed by atoms with E-state index in [1.807, 2.05) is 6.08 Å². The van der Waals surface area contributed by atoms with Crippen molar-refractivity contribution in [3.8, 4) is 0 Å². The molecule has 0 aliphatic rings. The fourth-order valence-corrected chi connectivity index (χ4v) is 3.23. The fourth-order valence-electron chi connectivity index (χ4n) is 3.23. The summed E-state index contributed by atoms with van der Waals surface area (Å²) in [6, 6.07) is 0. The number of rotatable bonds is 22. The van der Waals surface area contributed by atoms with Gasteiger partial charge in [0.05, 0.1) is 13.2 Å². The molecule has 0 radical (unpaired) electrons. The lowest BCUT2D eigenvalue weighted by atomic mass is 10.1. The lowest BCUT2D eigenvalue weighted by molar-refractivity contribution is -0.146. The van der Waals surface area contributed by atoms with Crippen molar-refractivity contribution in [1.82, 2.24) is 0 Å². The second-order valence-corrected chi connectivity index (χ2v) is 7.97. The van der Waals surface area contributed by atoms with Gasteiger partial charge in [0.15, 0.2) is 0 Å². The number of carbonyl (C=O) groups is 2. The van der Waals surface area contributed by atoms with Gasteiger partial charge in [-0.3, -0.25) is 9.59 Å². The summed E-state index contributed by atoms with van der Waals surface area (Å²) in [4.78, 5) is 23.2. The van der Waals surface area contributed by atoms with E-state index in [0.29, 0.717) is 38.9 Å². The molecule has 170 valence electrons. The summed E-state index contributed by atoms with van der Waals surface area (Å²) < 4.78 is 10.4. The molecule has 0 bridgehead atoms. The fraction of sp³-hybridized carbons (Fsp3) is 0.840. The van der Waals surface area contributed by atoms with Crippen LogP contribution in [0.2, 0.25) is 0 Å². The minimum absolute atomic E-state index is 0.146. The topological polar surface area (TPSA) is 52.6 Å². The van der Waals surface area contributed by atoms with Crippen LogP contribution in [0.5, 0.6) is 0 Å². The van der Waals surface area contributed by atoms with Crippen LogP contribution in [-0.2, 0) is 19.1 Å². The Morgan fingerprint density at radius 1 is 0.621 bits per heavy atom. The van der Waals surface area contributed by atoms with E-state index in [4.69, 9.17) is 9.47 Å². The molecule has 0 unspecified atom stereocenters. The molecule has 0 aliphatic heterocycles. The third-order valence-electron chi connectivity index (χ3n) is 5.09. The van der Waals surface area contributed by atoms with Crippen molar-refractivity contribution in [3.05, 3.63) is 12.7 Å². The summed E-state index contributed by atoms with van der Waals surface area (Å²) in [5.41, 5.74) is 0. The molecule has 4 heteroatoms. The number of carbonyl (C=O) groups excluding carboxylic acids is 2. The van der Waals surface area contributed by atoms with Gasteiger partial charge in [-0.2, -0.15) is 0 Å². The highest BCUT2D eigenvalue weighted by atomic mass is 16.5. The zero-order valence-electron chi connectivity index (χ0n) is 19.1. The first-order valence-corrected chi connectivity index (χ1v) is 12.1. The minimum atomic E-state index is -0.182. The second kappa shape index (κ2) is 23.0. The maximum absolute atomic E-state index is 11.7. The Hall–Kier alpha value is -1.32. The highest BCUT2D eigenvalue weighted by Crippen LogP contribution is 2.12. The molecule has 0 amide bonds. The molecule has 0 spiro atoms. The Morgan fingerprint density at radius 2 is 1.03 bits per heavy atom. The van der Waals surface area contributed by atoms with Crippen LogP contribution < -0.4 is 0 Å². The van der Waals surface area contributed by atoms with Crippen molar-refractivity contribution in [3.63, 3.8) is 0 Å². The zero-order chi connectivity index (χ0) is 21.4. The summed E-state index contributed by atoms with van der Waals surface area (Å²) in [5.74, 6) is -0.327. The van der Waals surface area contributed by atoms with Gasteiger partial charge in [0.2, 0.25) is 0 Å². The van der Waals surface area contributed by atoms with Crippen molar-refractivity contribution < 1.29 is 19.1 Å². The Balaban J connectivity index is 3.26. The van der Waals surface area contributed by atoms with E-state index in [-0.39, 0.29) is 11.9 Å². The molecule has 0 fully saturated rings. The van der Waals surface area contributed by atoms with E-state index >= 15 is 0 Å². The summed E-state index contributed by atoms with van der Waals surface area (Å²) in [6.45, 7) is 6.87. The van der Waals surface area contributed by atoms with E-state index in [1.54, 1.807) is 0 Å². The third kappa shape index (κ3) is 22.8. The number of ether oxygens (including phenoxy) is 2. The van der Waals surface area contributed by atoms with Crippen molar-refractivity contribution >= 4 is 11.9 Å². The van der Waals surface area contributed by atoms with Gasteiger partial charge in [-0.1, -0.05) is 83.6 Å². The summed E-state index contributed by atoms with van der Waals surface area (Å²) in [5, 5.41) is 0. The van der Waals surface area contributed by atoms with Crippen LogP contribution in [0, 0.1) is 0 Å². The average molecular weight is 411 g/mol. The number of hydrogen-bond donors (Lipinski definition) is 0. The zero-order valence-corrected chi connectivity index (χ0v) is 19.1. The van der Waals surface area contributed by atoms with Gasteiger partial charge < -0.3 is 9.47 Å². The van der Waals surface area contributed by atoms with Gasteiger partial charge in [-0.25, -0.2) is 0 Å². The standard InChI is InChI=1S/C25H46O4/c1-3-5-7-8-9-10-11-12-13-14-15-19-23-29-25(27)21-17-16-20-24(26)28-22-18-6-4-2/h4H,2-3,5-23H2,1H3. The van der Waals surface area contributed by atoms with Crippen LogP contribution in [0.3, 0.4) is 0 Å². The number of unbranched alkanes of at least 4 members (excludes halogenated alkanes) is 13. The normalized spacial score (nSPS) is 10.7. The predicted octanol–water partition coefficient (Wildman–Crippen LogP) is 7.30. The van der Waals surface area contributed by atoms with E-state index in [9.17, 15) is 9.59 Å². The molecule has 0 aromatic rings. The molecular formula is C25H46O4. The number of allylic oxidation sites excluding steroid dienone is 1. The van der Waals surface area contributed by atoms with Crippen molar-refractivity contribution in [2.75, 3.05) is 13.2 Å². The first-order chi connectivity index (χ1) is 14.2. The van der Waals surface area contributed by atoms with Gasteiger partial charge in [0, 0.05) is 12.8 Å². The maximum atomic E-state index is 11.7. The van der Waals surface area contributed by atoms with Gasteiger partial charge in [0.25, 0.3) is 0 Å². The number of hydrogen-bond acceptors (Lipinski definition) is 4. The quantitative estimate of drug-likeness (QED) is 0.107. The lowest BCUT2D eigenvalue weighted by Gasteiger charge is -2.06. The van der Waals surface area contributed by atoms with Crippen molar-refractivity contribution in [2.45, 2.75) is 122 Å². The molecule has 29 heavy (non-hydrogen) atoms. The second-order valence-electron chi connectivity index (χ2n) is 7.97. The van der Waals surface area contributed by atoms with Gasteiger partial charge in [-0.05, 0) is 32.1 Å². The minimum Gasteiger partial charge on any atom is -0.466 e.